The topological polar surface area (TPSA) is 32.5 Å². The number of likely N-dealkylation sites (N-methyl/N-ethyl adjacent to an activating group) is 2. The van der Waals surface area contributed by atoms with E-state index in [1.54, 1.807) is 0 Å². The number of hydrogen-bond donors (Lipinski definition) is 1. The summed E-state index contributed by atoms with van der Waals surface area (Å²) in [6.07, 6.45) is 2.33. The van der Waals surface area contributed by atoms with E-state index in [2.05, 4.69) is 30.8 Å². The van der Waals surface area contributed by atoms with Gasteiger partial charge in [0.05, 0.1) is 0 Å². The summed E-state index contributed by atoms with van der Waals surface area (Å²) in [4.78, 5) is 4.78. The van der Waals surface area contributed by atoms with E-state index in [-0.39, 0.29) is 0 Å². The molecule has 13 heavy (non-hydrogen) atoms. The van der Waals surface area contributed by atoms with Gasteiger partial charge in [0.2, 0.25) is 0 Å². The highest BCUT2D eigenvalue weighted by Crippen LogP contribution is 2.11. The quantitative estimate of drug-likeness (QED) is 0.689. The van der Waals surface area contributed by atoms with Crippen molar-refractivity contribution in [2.75, 3.05) is 33.7 Å². The smallest absolute Gasteiger partial charge is 0.0371 e. The first-order chi connectivity index (χ1) is 6.15. The summed E-state index contributed by atoms with van der Waals surface area (Å²) in [6.45, 7) is 5.65. The minimum absolute atomic E-state index is 0.345. The molecule has 0 aromatic rings. The van der Waals surface area contributed by atoms with Gasteiger partial charge < -0.3 is 10.6 Å². The van der Waals surface area contributed by atoms with Gasteiger partial charge in [0.15, 0.2) is 0 Å². The average molecular weight is 185 g/mol. The molecule has 1 rings (SSSR count). The highest BCUT2D eigenvalue weighted by atomic mass is 15.3. The van der Waals surface area contributed by atoms with Crippen molar-refractivity contribution in [2.24, 2.45) is 5.73 Å². The lowest BCUT2D eigenvalue weighted by Gasteiger charge is -2.40. The Morgan fingerprint density at radius 2 is 2.08 bits per heavy atom. The van der Waals surface area contributed by atoms with Crippen LogP contribution < -0.4 is 5.73 Å². The van der Waals surface area contributed by atoms with Crippen LogP contribution in [0.2, 0.25) is 0 Å². The Morgan fingerprint density at radius 3 is 2.69 bits per heavy atom. The van der Waals surface area contributed by atoms with E-state index in [1.165, 1.54) is 13.0 Å². The van der Waals surface area contributed by atoms with Crippen molar-refractivity contribution in [3.63, 3.8) is 0 Å². The predicted octanol–water partition coefficient (Wildman–Crippen LogP) is 0.360. The van der Waals surface area contributed by atoms with Crippen LogP contribution in [-0.4, -0.2) is 55.6 Å². The third-order valence-corrected chi connectivity index (χ3v) is 3.02. The van der Waals surface area contributed by atoms with Gasteiger partial charge in [-0.05, 0) is 20.5 Å². The molecular weight excluding hydrogens is 162 g/mol. The Balaban J connectivity index is 2.44. The molecule has 1 aliphatic rings. The van der Waals surface area contributed by atoms with Crippen molar-refractivity contribution in [1.82, 2.24) is 9.80 Å². The minimum Gasteiger partial charge on any atom is -0.326 e. The molecule has 3 heteroatoms. The second-order valence-corrected chi connectivity index (χ2v) is 4.26. The third kappa shape index (κ3) is 2.93. The summed E-state index contributed by atoms with van der Waals surface area (Å²) in [5.41, 5.74) is 6.14. The highest BCUT2D eigenvalue weighted by molar-refractivity contribution is 4.86. The summed E-state index contributed by atoms with van der Waals surface area (Å²) in [7, 11) is 4.37. The van der Waals surface area contributed by atoms with Crippen molar-refractivity contribution in [1.29, 1.82) is 0 Å². The van der Waals surface area contributed by atoms with Crippen LogP contribution in [0.4, 0.5) is 0 Å². The van der Waals surface area contributed by atoms with Crippen molar-refractivity contribution >= 4 is 0 Å². The lowest BCUT2D eigenvalue weighted by Crippen LogP contribution is -2.57. The van der Waals surface area contributed by atoms with Gasteiger partial charge in [-0.15, -0.1) is 0 Å². The van der Waals surface area contributed by atoms with E-state index in [0.29, 0.717) is 12.1 Å². The second kappa shape index (κ2) is 4.94. The fraction of sp³-hybridized carbons (Fsp3) is 1.00. The first-order valence-electron chi connectivity index (χ1n) is 5.29. The predicted molar refractivity (Wildman–Crippen MR) is 56.8 cm³/mol. The van der Waals surface area contributed by atoms with Crippen molar-refractivity contribution in [3.8, 4) is 0 Å². The van der Waals surface area contributed by atoms with Gasteiger partial charge >= 0.3 is 0 Å². The molecule has 1 fully saturated rings. The zero-order chi connectivity index (χ0) is 9.84. The van der Waals surface area contributed by atoms with E-state index in [9.17, 15) is 0 Å². The van der Waals surface area contributed by atoms with Crippen LogP contribution in [0.25, 0.3) is 0 Å². The maximum atomic E-state index is 6.14. The molecule has 3 nitrogen and oxygen atoms in total. The molecule has 2 unspecified atom stereocenters. The molecule has 1 aliphatic heterocycles. The zero-order valence-electron chi connectivity index (χ0n) is 9.16. The van der Waals surface area contributed by atoms with Gasteiger partial charge in [-0.2, -0.15) is 0 Å². The van der Waals surface area contributed by atoms with Crippen molar-refractivity contribution in [3.05, 3.63) is 0 Å². The van der Waals surface area contributed by atoms with Gasteiger partial charge in [0.25, 0.3) is 0 Å². The van der Waals surface area contributed by atoms with Gasteiger partial charge in [-0.25, -0.2) is 0 Å². The summed E-state index contributed by atoms with van der Waals surface area (Å²) < 4.78 is 0. The molecule has 2 N–H and O–H groups in total. The first kappa shape index (κ1) is 11.0. The lowest BCUT2D eigenvalue weighted by molar-refractivity contribution is 0.0951. The fourth-order valence-corrected chi connectivity index (χ4v) is 2.03. The molecule has 1 saturated heterocycles. The largest absolute Gasteiger partial charge is 0.326 e. The summed E-state index contributed by atoms with van der Waals surface area (Å²) >= 11 is 0. The van der Waals surface area contributed by atoms with Crippen molar-refractivity contribution in [2.45, 2.75) is 31.8 Å². The SMILES string of the molecule is CCCC(N)C1CN(C)CCN1C. The normalized spacial score (nSPS) is 29.1. The maximum Gasteiger partial charge on any atom is 0.0371 e. The van der Waals surface area contributed by atoms with Crippen LogP contribution in [0.3, 0.4) is 0 Å². The van der Waals surface area contributed by atoms with Crippen LogP contribution >= 0.6 is 0 Å². The van der Waals surface area contributed by atoms with E-state index in [0.717, 1.165) is 19.5 Å². The lowest BCUT2D eigenvalue weighted by atomic mass is 10.0. The molecule has 2 atom stereocenters. The molecular formula is C10H23N3. The van der Waals surface area contributed by atoms with Gasteiger partial charge in [-0.3, -0.25) is 4.90 Å². The number of piperazine rings is 1. The molecule has 0 saturated carbocycles. The molecule has 0 radical (unpaired) electrons. The number of hydrogen-bond acceptors (Lipinski definition) is 3. The Morgan fingerprint density at radius 1 is 1.38 bits per heavy atom. The van der Waals surface area contributed by atoms with Crippen molar-refractivity contribution < 1.29 is 0 Å². The fourth-order valence-electron chi connectivity index (χ4n) is 2.03. The third-order valence-electron chi connectivity index (χ3n) is 3.02. The number of nitrogens with zero attached hydrogens (tertiary/aromatic N) is 2. The van der Waals surface area contributed by atoms with E-state index in [4.69, 9.17) is 5.73 Å². The molecule has 78 valence electrons. The first-order valence-corrected chi connectivity index (χ1v) is 5.29. The second-order valence-electron chi connectivity index (χ2n) is 4.26. The highest BCUT2D eigenvalue weighted by Gasteiger charge is 2.26. The van der Waals surface area contributed by atoms with E-state index >= 15 is 0 Å². The van der Waals surface area contributed by atoms with E-state index < -0.39 is 0 Å². The molecule has 0 bridgehead atoms. The molecule has 0 amide bonds. The molecule has 0 aromatic carbocycles. The Hall–Kier alpha value is -0.120. The Labute approximate surface area is 81.9 Å². The van der Waals surface area contributed by atoms with Crippen LogP contribution in [-0.2, 0) is 0 Å². The van der Waals surface area contributed by atoms with Gasteiger partial charge in [0.1, 0.15) is 0 Å². The molecule has 1 heterocycles. The molecule has 0 aliphatic carbocycles. The summed E-state index contributed by atoms with van der Waals surface area (Å²) in [5.74, 6) is 0. The average Bonchev–Trinajstić information content (AvgIpc) is 2.09. The van der Waals surface area contributed by atoms with E-state index in [1.807, 2.05) is 0 Å². The van der Waals surface area contributed by atoms with Crippen LogP contribution in [0.1, 0.15) is 19.8 Å². The Bertz CT molecular complexity index is 149. The number of rotatable bonds is 3. The standard InChI is InChI=1S/C10H23N3/c1-4-5-9(11)10-8-12(2)6-7-13(10)3/h9-10H,4-8,11H2,1-3H3. The van der Waals surface area contributed by atoms with Gasteiger partial charge in [-0.1, -0.05) is 13.3 Å². The minimum atomic E-state index is 0.345. The van der Waals surface area contributed by atoms with Gasteiger partial charge in [0, 0.05) is 31.7 Å². The van der Waals surface area contributed by atoms with Crippen LogP contribution in [0.5, 0.6) is 0 Å². The molecule has 0 aromatic heterocycles. The molecule has 0 spiro atoms. The summed E-state index contributed by atoms with van der Waals surface area (Å²) in [5, 5.41) is 0. The Kier molecular flexibility index (Phi) is 4.16. The zero-order valence-corrected chi connectivity index (χ0v) is 9.16. The van der Waals surface area contributed by atoms with Crippen LogP contribution in [0, 0.1) is 0 Å². The maximum absolute atomic E-state index is 6.14. The number of nitrogens with two attached hydrogens (primary N) is 1. The van der Waals surface area contributed by atoms with Crippen LogP contribution in [0.15, 0.2) is 0 Å². The monoisotopic (exact) mass is 185 g/mol. The summed E-state index contributed by atoms with van der Waals surface area (Å²) in [6, 6.07) is 0.899.